The van der Waals surface area contributed by atoms with Gasteiger partial charge in [-0.15, -0.1) is 0 Å². The Hall–Kier alpha value is -3.56. The molecular formula is C23H24Cl2N6O3. The van der Waals surface area contributed by atoms with Crippen LogP contribution in [0, 0.1) is 13.8 Å². The number of para-hydroxylation sites is 1. The Labute approximate surface area is 206 Å². The maximum atomic E-state index is 13.3. The highest BCUT2D eigenvalue weighted by Gasteiger charge is 2.24. The molecule has 0 bridgehead atoms. The van der Waals surface area contributed by atoms with E-state index in [4.69, 9.17) is 38.4 Å². The van der Waals surface area contributed by atoms with Crippen molar-refractivity contribution < 1.29 is 9.47 Å². The van der Waals surface area contributed by atoms with Gasteiger partial charge in [-0.05, 0) is 32.2 Å². The molecule has 0 aliphatic carbocycles. The van der Waals surface area contributed by atoms with E-state index in [-0.39, 0.29) is 33.1 Å². The second-order valence-corrected chi connectivity index (χ2v) is 8.03. The summed E-state index contributed by atoms with van der Waals surface area (Å²) in [7, 11) is 4.46. The molecule has 1 heterocycles. The molecule has 0 unspecified atom stereocenters. The maximum absolute atomic E-state index is 13.3. The number of halogens is 2. The van der Waals surface area contributed by atoms with Crippen LogP contribution in [0.2, 0.25) is 10.0 Å². The number of aliphatic imine (C=N–C) groups is 2. The van der Waals surface area contributed by atoms with E-state index in [1.54, 1.807) is 20.0 Å². The lowest BCUT2D eigenvalue weighted by molar-refractivity contribution is 0.395. The first kappa shape index (κ1) is 25.1. The molecule has 0 aliphatic heterocycles. The van der Waals surface area contributed by atoms with Crippen LogP contribution < -0.4 is 26.1 Å². The number of benzene rings is 2. The number of guanidine groups is 1. The molecule has 34 heavy (non-hydrogen) atoms. The Bertz CT molecular complexity index is 1320. The van der Waals surface area contributed by atoms with Crippen molar-refractivity contribution in [2.45, 2.75) is 13.8 Å². The highest BCUT2D eigenvalue weighted by Crippen LogP contribution is 2.44. The molecule has 2 aromatic carbocycles. The maximum Gasteiger partial charge on any atom is 0.278 e. The molecule has 3 rings (SSSR count). The summed E-state index contributed by atoms with van der Waals surface area (Å²) < 4.78 is 11.9. The highest BCUT2D eigenvalue weighted by molar-refractivity contribution is 6.41. The fourth-order valence-corrected chi connectivity index (χ4v) is 4.03. The van der Waals surface area contributed by atoms with Crippen LogP contribution in [0.5, 0.6) is 11.5 Å². The Morgan fingerprint density at radius 2 is 1.79 bits per heavy atom. The fraction of sp³-hybridized carbons (Fsp3) is 0.217. The summed E-state index contributed by atoms with van der Waals surface area (Å²) in [6, 6.07) is 7.03. The SMILES string of the molecule is C=NC(=Nc1c(C)nc(-c2c(Cl)c(OC)cc(OC)c2Cl)c(=O)n1C)Nc1c(C)cccc1N. The van der Waals surface area contributed by atoms with Crippen molar-refractivity contribution in [3.63, 3.8) is 0 Å². The zero-order valence-corrected chi connectivity index (χ0v) is 20.9. The predicted octanol–water partition coefficient (Wildman–Crippen LogP) is 4.77. The Kier molecular flexibility index (Phi) is 7.48. The quantitative estimate of drug-likeness (QED) is 0.294. The third-order valence-corrected chi connectivity index (χ3v) is 5.89. The topological polar surface area (TPSA) is 116 Å². The molecule has 0 atom stereocenters. The third kappa shape index (κ3) is 4.57. The molecule has 3 N–H and O–H groups in total. The molecule has 178 valence electrons. The van der Waals surface area contributed by atoms with Gasteiger partial charge in [-0.25, -0.2) is 9.98 Å². The molecule has 0 aliphatic rings. The van der Waals surface area contributed by atoms with E-state index in [0.717, 1.165) is 5.56 Å². The lowest BCUT2D eigenvalue weighted by atomic mass is 10.1. The number of aromatic nitrogens is 2. The minimum Gasteiger partial charge on any atom is -0.495 e. The van der Waals surface area contributed by atoms with Crippen LogP contribution in [-0.2, 0) is 7.05 Å². The van der Waals surface area contributed by atoms with Gasteiger partial charge in [0.2, 0.25) is 5.96 Å². The van der Waals surface area contributed by atoms with E-state index in [1.807, 2.05) is 19.1 Å². The second kappa shape index (κ2) is 10.1. The Morgan fingerprint density at radius 1 is 1.18 bits per heavy atom. The van der Waals surface area contributed by atoms with Crippen molar-refractivity contribution in [1.82, 2.24) is 9.55 Å². The largest absolute Gasteiger partial charge is 0.495 e. The molecule has 1 aromatic heterocycles. The molecule has 0 saturated heterocycles. The number of methoxy groups -OCH3 is 2. The summed E-state index contributed by atoms with van der Waals surface area (Å²) in [5.41, 5.74) is 8.29. The van der Waals surface area contributed by atoms with Gasteiger partial charge >= 0.3 is 0 Å². The average Bonchev–Trinajstić information content (AvgIpc) is 2.81. The molecule has 3 aromatic rings. The number of ether oxygens (including phenoxy) is 2. The number of nitrogens with two attached hydrogens (primary N) is 1. The summed E-state index contributed by atoms with van der Waals surface area (Å²) >= 11 is 13.0. The van der Waals surface area contributed by atoms with E-state index < -0.39 is 5.56 Å². The highest BCUT2D eigenvalue weighted by atomic mass is 35.5. The van der Waals surface area contributed by atoms with Gasteiger partial charge in [-0.3, -0.25) is 9.36 Å². The predicted molar refractivity (Wildman–Crippen MR) is 139 cm³/mol. The summed E-state index contributed by atoms with van der Waals surface area (Å²) in [6.07, 6.45) is 0. The lowest BCUT2D eigenvalue weighted by Crippen LogP contribution is -2.23. The van der Waals surface area contributed by atoms with Crippen LogP contribution in [0.15, 0.2) is 39.0 Å². The van der Waals surface area contributed by atoms with Gasteiger partial charge < -0.3 is 20.5 Å². The van der Waals surface area contributed by atoms with Crippen molar-refractivity contribution in [2.75, 3.05) is 25.3 Å². The number of hydrogen-bond acceptors (Lipinski definition) is 6. The van der Waals surface area contributed by atoms with Gasteiger partial charge in [-0.1, -0.05) is 35.3 Å². The van der Waals surface area contributed by atoms with E-state index >= 15 is 0 Å². The summed E-state index contributed by atoms with van der Waals surface area (Å²) in [4.78, 5) is 26.2. The van der Waals surface area contributed by atoms with Crippen LogP contribution in [0.4, 0.5) is 17.2 Å². The van der Waals surface area contributed by atoms with E-state index in [0.29, 0.717) is 28.6 Å². The Balaban J connectivity index is 2.18. The van der Waals surface area contributed by atoms with Gasteiger partial charge in [-0.2, -0.15) is 4.99 Å². The molecule has 9 nitrogen and oxygen atoms in total. The molecule has 0 amide bonds. The van der Waals surface area contributed by atoms with Gasteiger partial charge in [0.05, 0.1) is 46.9 Å². The zero-order valence-electron chi connectivity index (χ0n) is 19.4. The zero-order chi connectivity index (χ0) is 25.2. The van der Waals surface area contributed by atoms with Crippen LogP contribution >= 0.6 is 23.2 Å². The van der Waals surface area contributed by atoms with Gasteiger partial charge in [0.15, 0.2) is 5.82 Å². The van der Waals surface area contributed by atoms with E-state index in [1.165, 1.54) is 24.9 Å². The normalized spacial score (nSPS) is 11.3. The van der Waals surface area contributed by atoms with Gasteiger partial charge in [0.1, 0.15) is 17.2 Å². The van der Waals surface area contributed by atoms with E-state index in [9.17, 15) is 4.79 Å². The summed E-state index contributed by atoms with van der Waals surface area (Å²) in [5.74, 6) is 0.991. The average molecular weight is 503 g/mol. The van der Waals surface area contributed by atoms with Crippen molar-refractivity contribution in [2.24, 2.45) is 17.0 Å². The number of aryl methyl sites for hydroxylation is 2. The minimum absolute atomic E-state index is 0.0235. The first-order valence-electron chi connectivity index (χ1n) is 10.00. The van der Waals surface area contributed by atoms with Crippen LogP contribution in [-0.4, -0.2) is 36.4 Å². The van der Waals surface area contributed by atoms with Crippen LogP contribution in [0.3, 0.4) is 0 Å². The van der Waals surface area contributed by atoms with Crippen molar-refractivity contribution >= 4 is 53.1 Å². The summed E-state index contributed by atoms with van der Waals surface area (Å²) in [6.45, 7) is 7.16. The van der Waals surface area contributed by atoms with Crippen molar-refractivity contribution in [3.05, 3.63) is 55.9 Å². The molecule has 0 spiro atoms. The molecule has 0 saturated carbocycles. The lowest BCUT2D eigenvalue weighted by Gasteiger charge is -2.16. The van der Waals surface area contributed by atoms with Crippen molar-refractivity contribution in [1.29, 1.82) is 0 Å². The number of anilines is 2. The van der Waals surface area contributed by atoms with Crippen LogP contribution in [0.1, 0.15) is 11.3 Å². The smallest absolute Gasteiger partial charge is 0.278 e. The monoisotopic (exact) mass is 502 g/mol. The number of hydrogen-bond donors (Lipinski definition) is 2. The second-order valence-electron chi connectivity index (χ2n) is 7.28. The third-order valence-electron chi connectivity index (χ3n) is 5.14. The number of nitrogens with one attached hydrogen (secondary N) is 1. The molecule has 0 fully saturated rings. The fourth-order valence-electron chi connectivity index (χ4n) is 3.35. The first-order valence-corrected chi connectivity index (χ1v) is 10.8. The van der Waals surface area contributed by atoms with Gasteiger partial charge in [0, 0.05) is 13.1 Å². The summed E-state index contributed by atoms with van der Waals surface area (Å²) in [5, 5.41) is 3.34. The Morgan fingerprint density at radius 3 is 2.32 bits per heavy atom. The first-order chi connectivity index (χ1) is 16.1. The molecule has 11 heteroatoms. The van der Waals surface area contributed by atoms with Crippen molar-refractivity contribution in [3.8, 4) is 22.8 Å². The number of rotatable bonds is 5. The minimum atomic E-state index is -0.484. The van der Waals surface area contributed by atoms with E-state index in [2.05, 4.69) is 27.0 Å². The number of nitrogens with zero attached hydrogens (tertiary/aromatic N) is 4. The van der Waals surface area contributed by atoms with Gasteiger partial charge in [0.25, 0.3) is 5.56 Å². The molecular weight excluding hydrogens is 479 g/mol. The van der Waals surface area contributed by atoms with Crippen LogP contribution in [0.25, 0.3) is 11.3 Å². The molecule has 0 radical (unpaired) electrons. The standard InChI is InChI=1S/C23H24Cl2N6O3/c1-11-8-7-9-13(26)19(11)29-23(27-3)30-21-12(2)28-20(22(32)31(21)4)16-17(24)14(33-5)10-15(34-6)18(16)25/h7-10H,3,26H2,1-2,4-6H3,(H,29,30). The number of nitrogen functional groups attached to an aromatic ring is 1.